The van der Waals surface area contributed by atoms with Gasteiger partial charge in [-0.3, -0.25) is 24.2 Å². The van der Waals surface area contributed by atoms with E-state index in [9.17, 15) is 49.2 Å². The Kier molecular flexibility index (Phi) is 9.75. The van der Waals surface area contributed by atoms with Crippen LogP contribution in [0.4, 0.5) is 4.79 Å². The zero-order valence-corrected chi connectivity index (χ0v) is 30.2. The smallest absolute Gasteiger partial charge is 0.407 e. The normalized spacial score (nSPS) is 30.9. The lowest BCUT2D eigenvalue weighted by Gasteiger charge is -2.53. The Balaban J connectivity index is 1.58. The number of aliphatic imine (C=N–C) groups is 1. The third kappa shape index (κ3) is 5.12. The van der Waals surface area contributed by atoms with Gasteiger partial charge < -0.3 is 54.2 Å². The molecule has 3 aliphatic carbocycles. The molecular formula is C36H38N2O16. The number of aromatic hydroxyl groups is 2. The summed E-state index contributed by atoms with van der Waals surface area (Å²) in [5.74, 6) is -7.75. The molecule has 1 saturated heterocycles. The monoisotopic (exact) mass is 754 g/mol. The summed E-state index contributed by atoms with van der Waals surface area (Å²) in [6.45, 7) is 3.03. The van der Waals surface area contributed by atoms with Gasteiger partial charge in [-0.25, -0.2) is 9.59 Å². The fraction of sp³-hybridized carbons (Fsp3) is 0.472. The number of carbonyl (C=O) groups is 6. The Morgan fingerprint density at radius 1 is 0.963 bits per heavy atom. The van der Waals surface area contributed by atoms with Gasteiger partial charge in [0.15, 0.2) is 17.6 Å². The molecule has 0 spiro atoms. The number of Topliss-reactive ketones (excluding diaryl/α,β-unsaturated/α-hetero) is 4. The standard InChI is InChI=1S/C36H38N2O16/c1-12-8-14-9-19(54-34(47)37-3)36(52-7)31(45)22-16(30(44)35(36,48)23(14)26(42)20(12)33(46)51-6)10-15-21(25(22)41)18(39)11-17(24(15)40)38-32-29(50-5)27(43)28(49-4)13(2)53-32/h8,10,13,19,27-29,32,41-43,48H,9,11H2,1-7H3,(H,37,47)/t13-,19+,27+,28-,29+,32-,35-,36+/m0/s1. The van der Waals surface area contributed by atoms with Gasteiger partial charge in [-0.1, -0.05) is 6.07 Å². The van der Waals surface area contributed by atoms with Crippen LogP contribution in [0.25, 0.3) is 0 Å². The van der Waals surface area contributed by atoms with E-state index >= 15 is 0 Å². The lowest BCUT2D eigenvalue weighted by Crippen LogP contribution is -2.73. The first kappa shape index (κ1) is 38.6. The predicted octanol–water partition coefficient (Wildman–Crippen LogP) is 0.471. The zero-order chi connectivity index (χ0) is 39.8. The summed E-state index contributed by atoms with van der Waals surface area (Å²) in [7, 11) is 5.79. The summed E-state index contributed by atoms with van der Waals surface area (Å²) >= 11 is 0. The van der Waals surface area contributed by atoms with Crippen molar-refractivity contribution in [1.29, 1.82) is 0 Å². The molecular weight excluding hydrogens is 716 g/mol. The van der Waals surface area contributed by atoms with E-state index in [0.717, 1.165) is 20.3 Å². The molecule has 5 N–H and O–H groups in total. The van der Waals surface area contributed by atoms with E-state index in [-0.39, 0.29) is 11.1 Å². The topological polar surface area (TPSA) is 263 Å². The van der Waals surface area contributed by atoms with Gasteiger partial charge in [-0.15, -0.1) is 0 Å². The van der Waals surface area contributed by atoms with Crippen LogP contribution in [0.1, 0.15) is 81.8 Å². The Morgan fingerprint density at radius 2 is 1.63 bits per heavy atom. The van der Waals surface area contributed by atoms with E-state index in [1.807, 2.05) is 0 Å². The number of aryl methyl sites for hydroxylation is 1. The second-order valence-corrected chi connectivity index (χ2v) is 13.3. The van der Waals surface area contributed by atoms with Crippen molar-refractivity contribution in [3.8, 4) is 11.5 Å². The van der Waals surface area contributed by atoms with E-state index in [1.54, 1.807) is 6.92 Å². The number of amides is 1. The van der Waals surface area contributed by atoms with Gasteiger partial charge in [-0.05, 0) is 31.0 Å². The van der Waals surface area contributed by atoms with Crippen molar-refractivity contribution in [2.45, 2.75) is 74.6 Å². The summed E-state index contributed by atoms with van der Waals surface area (Å²) in [6.07, 6.45) is -9.34. The predicted molar refractivity (Wildman–Crippen MR) is 180 cm³/mol. The maximum atomic E-state index is 14.9. The highest BCUT2D eigenvalue weighted by atomic mass is 16.6. The number of carbonyl (C=O) groups excluding carboxylic acids is 6. The molecule has 1 amide bonds. The van der Waals surface area contributed by atoms with Crippen LogP contribution in [0.2, 0.25) is 0 Å². The zero-order valence-electron chi connectivity index (χ0n) is 30.2. The van der Waals surface area contributed by atoms with Crippen LogP contribution >= 0.6 is 0 Å². The molecule has 4 aliphatic rings. The molecule has 0 radical (unpaired) electrons. The molecule has 1 heterocycles. The summed E-state index contributed by atoms with van der Waals surface area (Å²) in [6, 6.07) is 2.16. The van der Waals surface area contributed by atoms with Crippen LogP contribution in [0, 0.1) is 6.92 Å². The number of ketones is 4. The molecule has 1 fully saturated rings. The van der Waals surface area contributed by atoms with Gasteiger partial charge >= 0.3 is 12.1 Å². The van der Waals surface area contributed by atoms with Crippen molar-refractivity contribution >= 4 is 40.9 Å². The average molecular weight is 755 g/mol. The minimum absolute atomic E-state index is 0.0264. The average Bonchev–Trinajstić information content (AvgIpc) is 3.12. The van der Waals surface area contributed by atoms with Gasteiger partial charge in [0.2, 0.25) is 23.0 Å². The summed E-state index contributed by atoms with van der Waals surface area (Å²) in [5, 5.41) is 49.1. The Morgan fingerprint density at radius 3 is 2.22 bits per heavy atom. The molecule has 2 aromatic carbocycles. The fourth-order valence-electron chi connectivity index (χ4n) is 8.19. The van der Waals surface area contributed by atoms with Gasteiger partial charge in [0.25, 0.3) is 0 Å². The first-order chi connectivity index (χ1) is 25.5. The number of nitrogens with one attached hydrogen (secondary N) is 1. The SMILES string of the molecule is CNC(=O)O[C@@H]1Cc2cc(C)c(C(=O)OC)c(O)c2[C@]2(O)C(=O)c3cc4c(c(O)c3C(=O)[C@]12OC)C(=O)CC(=N[C@H]1O[C@@H](C)[C@H](OC)[C@@H](O)[C@H]1OC)C4=O. The molecule has 0 unspecified atom stereocenters. The molecule has 54 heavy (non-hydrogen) atoms. The number of methoxy groups -OCH3 is 4. The van der Waals surface area contributed by atoms with Crippen molar-refractivity contribution in [1.82, 2.24) is 5.32 Å². The van der Waals surface area contributed by atoms with E-state index in [0.29, 0.717) is 0 Å². The lowest BCUT2D eigenvalue weighted by molar-refractivity contribution is -0.228. The van der Waals surface area contributed by atoms with Crippen molar-refractivity contribution < 1.29 is 77.6 Å². The molecule has 2 aromatic rings. The number of phenols is 2. The first-order valence-corrected chi connectivity index (χ1v) is 16.6. The van der Waals surface area contributed by atoms with Crippen LogP contribution in [-0.2, 0) is 40.4 Å². The minimum Gasteiger partial charge on any atom is -0.507 e. The highest BCUT2D eigenvalue weighted by Crippen LogP contribution is 2.57. The Bertz CT molecular complexity index is 2060. The summed E-state index contributed by atoms with van der Waals surface area (Å²) in [4.78, 5) is 87.3. The fourth-order valence-corrected chi connectivity index (χ4v) is 8.19. The van der Waals surface area contributed by atoms with E-state index in [1.165, 1.54) is 34.3 Å². The summed E-state index contributed by atoms with van der Waals surface area (Å²) < 4.78 is 32.5. The largest absolute Gasteiger partial charge is 0.507 e. The van der Waals surface area contributed by atoms with Gasteiger partial charge in [0.05, 0.1) is 36.5 Å². The highest BCUT2D eigenvalue weighted by molar-refractivity contribution is 6.53. The molecule has 288 valence electrons. The molecule has 6 rings (SSSR count). The molecule has 18 heteroatoms. The van der Waals surface area contributed by atoms with Crippen LogP contribution < -0.4 is 5.32 Å². The molecule has 18 nitrogen and oxygen atoms in total. The van der Waals surface area contributed by atoms with Crippen LogP contribution in [0.15, 0.2) is 17.1 Å². The Labute approximate surface area is 306 Å². The van der Waals surface area contributed by atoms with Crippen LogP contribution in [0.5, 0.6) is 11.5 Å². The number of esters is 1. The molecule has 0 bridgehead atoms. The Hall–Kier alpha value is -5.11. The van der Waals surface area contributed by atoms with Gasteiger partial charge in [0.1, 0.15) is 41.5 Å². The lowest BCUT2D eigenvalue weighted by atomic mass is 9.56. The second-order valence-electron chi connectivity index (χ2n) is 13.3. The molecule has 0 aromatic heterocycles. The number of phenolic OH excluding ortho intramolecular Hbond substituents is 2. The number of aliphatic hydroxyl groups is 2. The van der Waals surface area contributed by atoms with Crippen molar-refractivity contribution in [2.24, 2.45) is 4.99 Å². The van der Waals surface area contributed by atoms with E-state index in [2.05, 4.69) is 10.3 Å². The maximum absolute atomic E-state index is 14.9. The van der Waals surface area contributed by atoms with Crippen LogP contribution in [0.3, 0.4) is 0 Å². The van der Waals surface area contributed by atoms with Gasteiger partial charge in [0, 0.05) is 51.5 Å². The highest BCUT2D eigenvalue weighted by Gasteiger charge is 2.74. The maximum Gasteiger partial charge on any atom is 0.407 e. The number of ether oxygens (including phenoxy) is 6. The summed E-state index contributed by atoms with van der Waals surface area (Å²) in [5.41, 5.74) is -10.4. The number of alkyl carbamates (subject to hydrolysis) is 1. The third-order valence-electron chi connectivity index (χ3n) is 10.7. The number of fused-ring (bicyclic) bond motifs is 5. The van der Waals surface area contributed by atoms with Crippen molar-refractivity contribution in [3.63, 3.8) is 0 Å². The number of benzene rings is 2. The van der Waals surface area contributed by atoms with E-state index in [4.69, 9.17) is 28.4 Å². The molecule has 0 saturated carbocycles. The number of hydrogen-bond donors (Lipinski definition) is 5. The van der Waals surface area contributed by atoms with Gasteiger partial charge in [-0.2, -0.15) is 0 Å². The van der Waals surface area contributed by atoms with E-state index < -0.39 is 147 Å². The number of hydrogen-bond acceptors (Lipinski definition) is 17. The first-order valence-electron chi connectivity index (χ1n) is 16.6. The third-order valence-corrected chi connectivity index (χ3v) is 10.7. The molecule has 1 aliphatic heterocycles. The second kappa shape index (κ2) is 13.6. The number of aliphatic hydroxyl groups excluding tert-OH is 1. The number of rotatable bonds is 6. The van der Waals surface area contributed by atoms with Crippen LogP contribution in [-0.4, -0.2) is 139 Å². The number of nitrogens with zero attached hydrogens (tertiary/aromatic N) is 1. The van der Waals surface area contributed by atoms with Crippen molar-refractivity contribution in [2.75, 3.05) is 35.5 Å². The quantitative estimate of drug-likeness (QED) is 0.251. The molecule has 8 atom stereocenters. The minimum atomic E-state index is -3.30. The van der Waals surface area contributed by atoms with Crippen molar-refractivity contribution in [3.05, 3.63) is 56.6 Å².